The molecule has 3 nitrogen and oxygen atoms in total. The monoisotopic (exact) mass is 472 g/mol. The molecule has 0 amide bonds. The standard InChI is InChI=1S/C34H20N2O/c1-2-7-21(8-3-1)24-15-17-31-28(19-24)29-20-27(25-10-4-5-11-26(25)34(29)37-31)30-16-14-23-13-12-22-9-6-18-35-32(22)33(23)36-30/h1-20H. The third-order valence-corrected chi connectivity index (χ3v) is 7.29. The van der Waals surface area contributed by atoms with Crippen LogP contribution in [0, 0.1) is 0 Å². The minimum absolute atomic E-state index is 0.888. The van der Waals surface area contributed by atoms with Crippen LogP contribution in [0.1, 0.15) is 0 Å². The molecule has 0 aliphatic carbocycles. The summed E-state index contributed by atoms with van der Waals surface area (Å²) in [6.07, 6.45) is 1.83. The molecule has 3 aromatic heterocycles. The van der Waals surface area contributed by atoms with Gasteiger partial charge in [-0.15, -0.1) is 0 Å². The average Bonchev–Trinajstić information content (AvgIpc) is 3.35. The molecule has 0 radical (unpaired) electrons. The molecule has 5 aromatic carbocycles. The maximum Gasteiger partial charge on any atom is 0.143 e. The maximum absolute atomic E-state index is 6.44. The molecular formula is C34H20N2O. The van der Waals surface area contributed by atoms with Crippen molar-refractivity contribution in [2.24, 2.45) is 0 Å². The number of hydrogen-bond acceptors (Lipinski definition) is 3. The summed E-state index contributed by atoms with van der Waals surface area (Å²) in [5.74, 6) is 0. The second-order valence-corrected chi connectivity index (χ2v) is 9.43. The number of hydrogen-bond donors (Lipinski definition) is 0. The summed E-state index contributed by atoms with van der Waals surface area (Å²) in [5.41, 5.74) is 8.02. The average molecular weight is 473 g/mol. The topological polar surface area (TPSA) is 38.9 Å². The number of pyridine rings is 2. The summed E-state index contributed by atoms with van der Waals surface area (Å²) in [6.45, 7) is 0. The van der Waals surface area contributed by atoms with Crippen LogP contribution in [0.2, 0.25) is 0 Å². The van der Waals surface area contributed by atoms with Gasteiger partial charge in [-0.25, -0.2) is 4.98 Å². The predicted octanol–water partition coefficient (Wildman–Crippen LogP) is 9.17. The summed E-state index contributed by atoms with van der Waals surface area (Å²) >= 11 is 0. The first-order valence-corrected chi connectivity index (χ1v) is 12.4. The molecule has 37 heavy (non-hydrogen) atoms. The fourth-order valence-corrected chi connectivity index (χ4v) is 5.49. The molecule has 3 heteroatoms. The zero-order valence-electron chi connectivity index (χ0n) is 19.8. The van der Waals surface area contributed by atoms with E-state index in [9.17, 15) is 0 Å². The van der Waals surface area contributed by atoms with Crippen LogP contribution in [0.25, 0.3) is 76.9 Å². The van der Waals surface area contributed by atoms with E-state index in [1.807, 2.05) is 18.3 Å². The fraction of sp³-hybridized carbons (Fsp3) is 0. The highest BCUT2D eigenvalue weighted by Crippen LogP contribution is 2.40. The lowest BCUT2D eigenvalue weighted by Gasteiger charge is -2.10. The molecule has 0 bridgehead atoms. The summed E-state index contributed by atoms with van der Waals surface area (Å²) < 4.78 is 6.44. The van der Waals surface area contributed by atoms with Gasteiger partial charge in [0.2, 0.25) is 0 Å². The van der Waals surface area contributed by atoms with Gasteiger partial charge < -0.3 is 4.42 Å². The summed E-state index contributed by atoms with van der Waals surface area (Å²) in [4.78, 5) is 9.82. The highest BCUT2D eigenvalue weighted by molar-refractivity contribution is 6.19. The van der Waals surface area contributed by atoms with Crippen molar-refractivity contribution in [3.05, 3.63) is 121 Å². The van der Waals surface area contributed by atoms with Crippen LogP contribution in [-0.2, 0) is 0 Å². The van der Waals surface area contributed by atoms with Gasteiger partial charge in [0.15, 0.2) is 0 Å². The molecule has 0 saturated carbocycles. The van der Waals surface area contributed by atoms with Crippen molar-refractivity contribution in [2.75, 3.05) is 0 Å². The van der Waals surface area contributed by atoms with E-state index in [2.05, 4.69) is 108 Å². The molecule has 0 N–H and O–H groups in total. The Bertz CT molecular complexity index is 2140. The molecule has 0 saturated heterocycles. The van der Waals surface area contributed by atoms with E-state index in [4.69, 9.17) is 9.40 Å². The Kier molecular flexibility index (Phi) is 4.23. The van der Waals surface area contributed by atoms with Gasteiger partial charge in [-0.1, -0.05) is 84.9 Å². The van der Waals surface area contributed by atoms with E-state index in [0.717, 1.165) is 65.8 Å². The summed E-state index contributed by atoms with van der Waals surface area (Å²) in [6, 6.07) is 40.1. The molecule has 0 aliphatic heterocycles. The van der Waals surface area contributed by atoms with Crippen LogP contribution in [0.4, 0.5) is 0 Å². The minimum atomic E-state index is 0.888. The second-order valence-electron chi connectivity index (χ2n) is 9.43. The lowest BCUT2D eigenvalue weighted by molar-refractivity contribution is 0.673. The Morgan fingerprint density at radius 2 is 1.30 bits per heavy atom. The third kappa shape index (κ3) is 3.08. The van der Waals surface area contributed by atoms with E-state index < -0.39 is 0 Å². The van der Waals surface area contributed by atoms with Crippen molar-refractivity contribution < 1.29 is 4.42 Å². The minimum Gasteiger partial charge on any atom is -0.455 e. The smallest absolute Gasteiger partial charge is 0.143 e. The molecule has 0 fully saturated rings. The van der Waals surface area contributed by atoms with Gasteiger partial charge in [0.1, 0.15) is 11.2 Å². The Balaban J connectivity index is 1.44. The molecule has 0 aliphatic rings. The zero-order valence-corrected chi connectivity index (χ0v) is 19.8. The Hall–Kier alpha value is -5.02. The number of rotatable bonds is 2. The van der Waals surface area contributed by atoms with E-state index in [-0.39, 0.29) is 0 Å². The molecule has 0 unspecified atom stereocenters. The second kappa shape index (κ2) is 7.74. The zero-order chi connectivity index (χ0) is 24.3. The fourth-order valence-electron chi connectivity index (χ4n) is 5.49. The molecule has 0 atom stereocenters. The largest absolute Gasteiger partial charge is 0.455 e. The van der Waals surface area contributed by atoms with E-state index in [1.165, 1.54) is 11.1 Å². The number of furan rings is 1. The van der Waals surface area contributed by atoms with Gasteiger partial charge in [0.25, 0.3) is 0 Å². The van der Waals surface area contributed by atoms with Gasteiger partial charge in [-0.05, 0) is 46.8 Å². The van der Waals surface area contributed by atoms with Crippen LogP contribution in [0.5, 0.6) is 0 Å². The number of benzene rings is 5. The van der Waals surface area contributed by atoms with Crippen LogP contribution in [0.15, 0.2) is 126 Å². The van der Waals surface area contributed by atoms with Crippen molar-refractivity contribution in [1.82, 2.24) is 9.97 Å². The molecule has 3 heterocycles. The van der Waals surface area contributed by atoms with Crippen LogP contribution >= 0.6 is 0 Å². The number of nitrogens with zero attached hydrogens (tertiary/aromatic N) is 2. The van der Waals surface area contributed by atoms with Crippen molar-refractivity contribution in [1.29, 1.82) is 0 Å². The van der Waals surface area contributed by atoms with Crippen molar-refractivity contribution in [2.45, 2.75) is 0 Å². The summed E-state index contributed by atoms with van der Waals surface area (Å²) in [7, 11) is 0. The lowest BCUT2D eigenvalue weighted by atomic mass is 9.96. The van der Waals surface area contributed by atoms with Crippen LogP contribution < -0.4 is 0 Å². The summed E-state index contributed by atoms with van der Waals surface area (Å²) in [5, 5.41) is 6.59. The maximum atomic E-state index is 6.44. The van der Waals surface area contributed by atoms with E-state index in [1.54, 1.807) is 0 Å². The molecule has 172 valence electrons. The number of fused-ring (bicyclic) bond motifs is 8. The number of aromatic nitrogens is 2. The first-order valence-electron chi connectivity index (χ1n) is 12.4. The third-order valence-electron chi connectivity index (χ3n) is 7.29. The van der Waals surface area contributed by atoms with Crippen molar-refractivity contribution in [3.8, 4) is 22.4 Å². The molecule has 0 spiro atoms. The van der Waals surface area contributed by atoms with Gasteiger partial charge in [-0.2, -0.15) is 0 Å². The Morgan fingerprint density at radius 3 is 2.19 bits per heavy atom. The van der Waals surface area contributed by atoms with Crippen LogP contribution in [-0.4, -0.2) is 9.97 Å². The first-order chi connectivity index (χ1) is 18.3. The van der Waals surface area contributed by atoms with Crippen molar-refractivity contribution >= 4 is 54.5 Å². The normalized spacial score (nSPS) is 11.8. The van der Waals surface area contributed by atoms with Gasteiger partial charge >= 0.3 is 0 Å². The highest BCUT2D eigenvalue weighted by Gasteiger charge is 2.16. The lowest BCUT2D eigenvalue weighted by Crippen LogP contribution is -1.90. The Labute approximate surface area is 212 Å². The van der Waals surface area contributed by atoms with Crippen molar-refractivity contribution in [3.63, 3.8) is 0 Å². The highest BCUT2D eigenvalue weighted by atomic mass is 16.3. The molecule has 8 aromatic rings. The van der Waals surface area contributed by atoms with E-state index in [0.29, 0.717) is 0 Å². The SMILES string of the molecule is c1ccc(-c2ccc3oc4c5ccccc5c(-c5ccc6ccc7cccnc7c6n5)cc4c3c2)cc1. The van der Waals surface area contributed by atoms with E-state index >= 15 is 0 Å². The molecular weight excluding hydrogens is 452 g/mol. The van der Waals surface area contributed by atoms with Gasteiger partial charge in [0.05, 0.1) is 16.7 Å². The van der Waals surface area contributed by atoms with Gasteiger partial charge in [0, 0.05) is 38.7 Å². The molecule has 8 rings (SSSR count). The first kappa shape index (κ1) is 20.2. The Morgan fingerprint density at radius 1 is 0.514 bits per heavy atom. The predicted molar refractivity (Wildman–Crippen MR) is 153 cm³/mol. The van der Waals surface area contributed by atoms with Gasteiger partial charge in [-0.3, -0.25) is 4.98 Å². The van der Waals surface area contributed by atoms with Crippen LogP contribution in [0.3, 0.4) is 0 Å². The quantitative estimate of drug-likeness (QED) is 0.235.